The summed E-state index contributed by atoms with van der Waals surface area (Å²) in [5.41, 5.74) is 0. The molecule has 0 atom stereocenters. The molecule has 0 aromatic carbocycles. The van der Waals surface area contributed by atoms with E-state index in [0.717, 1.165) is 44.5 Å². The molecule has 0 N–H and O–H groups in total. The van der Waals surface area contributed by atoms with Crippen LogP contribution in [0.2, 0.25) is 18.1 Å². The first kappa shape index (κ1) is 18.6. The molecule has 0 unspecified atom stereocenters. The number of hydrogen-bond donors (Lipinski definition) is 0. The van der Waals surface area contributed by atoms with Gasteiger partial charge >= 0.3 is 0 Å². The van der Waals surface area contributed by atoms with Gasteiger partial charge in [-0.1, -0.05) is 27.7 Å². The van der Waals surface area contributed by atoms with Gasteiger partial charge in [0.2, 0.25) is 0 Å². The Morgan fingerprint density at radius 1 is 1.24 bits per heavy atom. The fourth-order valence-corrected chi connectivity index (χ4v) is 3.41. The van der Waals surface area contributed by atoms with Crippen molar-refractivity contribution in [2.24, 2.45) is 17.8 Å². The molecule has 2 aliphatic carbocycles. The van der Waals surface area contributed by atoms with Crippen molar-refractivity contribution in [1.82, 2.24) is 0 Å². The summed E-state index contributed by atoms with van der Waals surface area (Å²) >= 11 is 0. The van der Waals surface area contributed by atoms with Crippen LogP contribution in [-0.2, 0) is 14.0 Å². The molecule has 2 rings (SSSR count). The van der Waals surface area contributed by atoms with E-state index in [1.807, 2.05) is 0 Å². The van der Waals surface area contributed by atoms with E-state index in [1.165, 1.54) is 0 Å². The molecule has 0 spiro atoms. The van der Waals surface area contributed by atoms with Crippen LogP contribution in [0.4, 0.5) is 0 Å². The lowest BCUT2D eigenvalue weighted by atomic mass is 9.77. The third kappa shape index (κ3) is 5.66. The summed E-state index contributed by atoms with van der Waals surface area (Å²) < 4.78 is 6.03. The summed E-state index contributed by atoms with van der Waals surface area (Å²) in [5, 5.41) is 0.279. The van der Waals surface area contributed by atoms with Gasteiger partial charge in [-0.05, 0) is 42.8 Å². The summed E-state index contributed by atoms with van der Waals surface area (Å²) in [6.07, 6.45) is 4.82. The highest BCUT2D eigenvalue weighted by molar-refractivity contribution is 6.74. The van der Waals surface area contributed by atoms with E-state index in [0.29, 0.717) is 17.6 Å². The van der Waals surface area contributed by atoms with Crippen LogP contribution in [0, 0.1) is 17.8 Å². The number of aldehydes is 1. The van der Waals surface area contributed by atoms with Gasteiger partial charge in [0.25, 0.3) is 0 Å². The average Bonchev–Trinajstić information content (AvgIpc) is 2.28. The van der Waals surface area contributed by atoms with Crippen molar-refractivity contribution in [3.63, 3.8) is 0 Å². The molecule has 122 valence electrons. The normalized spacial score (nSPS) is 26.3. The summed E-state index contributed by atoms with van der Waals surface area (Å²) in [6.45, 7) is 14.2. The number of ketones is 1. The van der Waals surface area contributed by atoms with Gasteiger partial charge in [0.05, 0.1) is 0 Å². The Labute approximate surface area is 131 Å². The number of Topliss-reactive ketones (excluding diaryl/α,β-unsaturated/α-hetero) is 1. The Kier molecular flexibility index (Phi) is 6.35. The fourth-order valence-electron chi connectivity index (χ4n) is 2.32. The Morgan fingerprint density at radius 3 is 2.05 bits per heavy atom. The van der Waals surface area contributed by atoms with Gasteiger partial charge < -0.3 is 9.22 Å². The van der Waals surface area contributed by atoms with E-state index in [1.54, 1.807) is 0 Å². The van der Waals surface area contributed by atoms with Crippen molar-refractivity contribution < 1.29 is 14.0 Å². The lowest BCUT2D eigenvalue weighted by molar-refractivity contribution is -0.127. The Bertz CT molecular complexity index is 357. The van der Waals surface area contributed by atoms with Crippen LogP contribution in [0.15, 0.2) is 0 Å². The second kappa shape index (κ2) is 7.19. The van der Waals surface area contributed by atoms with E-state index in [-0.39, 0.29) is 5.04 Å². The van der Waals surface area contributed by atoms with Gasteiger partial charge in [0.15, 0.2) is 8.32 Å². The van der Waals surface area contributed by atoms with Crippen LogP contribution in [0.1, 0.15) is 53.4 Å². The molecule has 2 fully saturated rings. The Balaban J connectivity index is 0.000000262. The van der Waals surface area contributed by atoms with Gasteiger partial charge in [0.1, 0.15) is 12.1 Å². The molecular weight excluding hydrogens is 280 g/mol. The maximum Gasteiger partial charge on any atom is 0.191 e. The third-order valence-electron chi connectivity index (χ3n) is 5.12. The molecule has 2 saturated carbocycles. The van der Waals surface area contributed by atoms with Crippen LogP contribution in [-0.4, -0.2) is 27.0 Å². The van der Waals surface area contributed by atoms with Crippen molar-refractivity contribution in [2.75, 3.05) is 6.61 Å². The predicted octanol–water partition coefficient (Wildman–Crippen LogP) is 4.22. The van der Waals surface area contributed by atoms with Crippen molar-refractivity contribution >= 4 is 20.4 Å². The lowest BCUT2D eigenvalue weighted by Crippen LogP contribution is -2.43. The van der Waals surface area contributed by atoms with E-state index in [9.17, 15) is 9.59 Å². The zero-order valence-electron chi connectivity index (χ0n) is 14.6. The molecule has 0 aromatic rings. The first-order valence-electron chi connectivity index (χ1n) is 8.16. The molecule has 0 heterocycles. The van der Waals surface area contributed by atoms with Crippen LogP contribution in [0.5, 0.6) is 0 Å². The fraction of sp³-hybridized carbons (Fsp3) is 0.882. The zero-order valence-corrected chi connectivity index (χ0v) is 15.6. The largest absolute Gasteiger partial charge is 0.417 e. The highest BCUT2D eigenvalue weighted by Crippen LogP contribution is 2.37. The highest BCUT2D eigenvalue weighted by Gasteiger charge is 2.38. The minimum atomic E-state index is -1.58. The maximum atomic E-state index is 10.8. The lowest BCUT2D eigenvalue weighted by Gasteiger charge is -2.38. The summed E-state index contributed by atoms with van der Waals surface area (Å²) in [5.74, 6) is 2.13. The number of hydrogen-bond acceptors (Lipinski definition) is 3. The summed E-state index contributed by atoms with van der Waals surface area (Å²) in [4.78, 5) is 20.7. The van der Waals surface area contributed by atoms with Crippen LogP contribution in [0.3, 0.4) is 0 Å². The SMILES string of the molecule is CC(C)(C)[Si](C)(C)OCC1CC(=O)C1.CC1CC(C=O)C1. The molecule has 0 radical (unpaired) electrons. The topological polar surface area (TPSA) is 43.4 Å². The van der Waals surface area contributed by atoms with Crippen LogP contribution >= 0.6 is 0 Å². The monoisotopic (exact) mass is 312 g/mol. The molecule has 0 amide bonds. The minimum Gasteiger partial charge on any atom is -0.417 e. The summed E-state index contributed by atoms with van der Waals surface area (Å²) in [6, 6.07) is 0. The van der Waals surface area contributed by atoms with E-state index >= 15 is 0 Å². The van der Waals surface area contributed by atoms with Gasteiger partial charge in [-0.15, -0.1) is 0 Å². The van der Waals surface area contributed by atoms with E-state index in [2.05, 4.69) is 40.8 Å². The average molecular weight is 313 g/mol. The quantitative estimate of drug-likeness (QED) is 0.576. The smallest absolute Gasteiger partial charge is 0.191 e. The minimum absolute atomic E-state index is 0.279. The van der Waals surface area contributed by atoms with Gasteiger partial charge in [0, 0.05) is 25.4 Å². The summed E-state index contributed by atoms with van der Waals surface area (Å²) in [7, 11) is -1.58. The second-order valence-corrected chi connectivity index (χ2v) is 13.2. The van der Waals surface area contributed by atoms with Crippen molar-refractivity contribution in [2.45, 2.75) is 71.5 Å². The number of rotatable bonds is 4. The van der Waals surface area contributed by atoms with Gasteiger partial charge in [-0.3, -0.25) is 4.79 Å². The second-order valence-electron chi connectivity index (χ2n) is 8.36. The van der Waals surface area contributed by atoms with Crippen molar-refractivity contribution in [3.8, 4) is 0 Å². The molecule has 0 aliphatic heterocycles. The van der Waals surface area contributed by atoms with E-state index < -0.39 is 8.32 Å². The molecule has 0 saturated heterocycles. The van der Waals surface area contributed by atoms with Gasteiger partial charge in [-0.25, -0.2) is 0 Å². The molecule has 2 aliphatic rings. The number of carbonyl (C=O) groups is 2. The Hall–Kier alpha value is -0.483. The standard InChI is InChI=1S/C11H22O2Si.C6H10O/c1-11(2,3)14(4,5)13-8-9-6-10(12)7-9;1-5-2-6(3-5)4-7/h9H,6-8H2,1-5H3;4-6H,2-3H2,1H3. The molecule has 0 bridgehead atoms. The predicted molar refractivity (Wildman–Crippen MR) is 88.8 cm³/mol. The maximum absolute atomic E-state index is 10.8. The first-order valence-corrected chi connectivity index (χ1v) is 11.1. The molecule has 21 heavy (non-hydrogen) atoms. The van der Waals surface area contributed by atoms with Crippen LogP contribution in [0.25, 0.3) is 0 Å². The third-order valence-corrected chi connectivity index (χ3v) is 9.62. The highest BCUT2D eigenvalue weighted by atomic mass is 28.4. The molecule has 3 nitrogen and oxygen atoms in total. The number of carbonyl (C=O) groups excluding carboxylic acids is 2. The Morgan fingerprint density at radius 2 is 1.76 bits per heavy atom. The zero-order chi connectivity index (χ0) is 16.3. The molecular formula is C17H32O3Si. The molecule has 0 aromatic heterocycles. The van der Waals surface area contributed by atoms with Crippen LogP contribution < -0.4 is 0 Å². The molecule has 4 heteroatoms. The first-order chi connectivity index (χ1) is 9.55. The van der Waals surface area contributed by atoms with E-state index in [4.69, 9.17) is 4.43 Å². The van der Waals surface area contributed by atoms with Gasteiger partial charge in [-0.2, -0.15) is 0 Å². The van der Waals surface area contributed by atoms with Crippen molar-refractivity contribution in [3.05, 3.63) is 0 Å². The van der Waals surface area contributed by atoms with Crippen molar-refractivity contribution in [1.29, 1.82) is 0 Å².